The second-order valence-corrected chi connectivity index (χ2v) is 4.21. The summed E-state index contributed by atoms with van der Waals surface area (Å²) < 4.78 is 0. The summed E-state index contributed by atoms with van der Waals surface area (Å²) in [5, 5.41) is 9.33. The predicted molar refractivity (Wildman–Crippen MR) is 60.3 cm³/mol. The molecule has 0 radical (unpaired) electrons. The topological polar surface area (TPSA) is 23.5 Å². The third kappa shape index (κ3) is 4.77. The van der Waals surface area contributed by atoms with Crippen molar-refractivity contribution in [1.82, 2.24) is 4.90 Å². The van der Waals surface area contributed by atoms with Crippen molar-refractivity contribution in [3.63, 3.8) is 0 Å². The van der Waals surface area contributed by atoms with Crippen LogP contribution in [-0.2, 0) is 0 Å². The minimum Gasteiger partial charge on any atom is -0.393 e. The first-order chi connectivity index (χ1) is 6.83. The van der Waals surface area contributed by atoms with Crippen LogP contribution in [0.2, 0.25) is 0 Å². The molecular weight excluding hydrogens is 174 g/mol. The molecular formula is C12H23NO. The van der Waals surface area contributed by atoms with Crippen molar-refractivity contribution in [2.24, 2.45) is 0 Å². The Hall–Kier alpha value is -0.340. The van der Waals surface area contributed by atoms with Gasteiger partial charge in [-0.15, -0.1) is 6.58 Å². The maximum Gasteiger partial charge on any atom is 0.0564 e. The Kier molecular flexibility index (Phi) is 5.88. The zero-order valence-corrected chi connectivity index (χ0v) is 9.12. The molecule has 1 N–H and O–H groups in total. The molecule has 0 bridgehead atoms. The molecule has 0 spiro atoms. The van der Waals surface area contributed by atoms with E-state index in [-0.39, 0.29) is 6.10 Å². The highest BCUT2D eigenvalue weighted by atomic mass is 16.3. The lowest BCUT2D eigenvalue weighted by atomic mass is 10.1. The maximum absolute atomic E-state index is 9.33. The molecule has 0 aromatic heterocycles. The third-order valence-electron chi connectivity index (χ3n) is 2.94. The van der Waals surface area contributed by atoms with Gasteiger partial charge in [0.25, 0.3) is 0 Å². The van der Waals surface area contributed by atoms with Crippen molar-refractivity contribution < 1.29 is 5.11 Å². The lowest BCUT2D eigenvalue weighted by Gasteiger charge is -2.29. The van der Waals surface area contributed by atoms with E-state index in [0.717, 1.165) is 32.4 Å². The minimum atomic E-state index is -0.0352. The van der Waals surface area contributed by atoms with Crippen LogP contribution < -0.4 is 0 Å². The highest BCUT2D eigenvalue weighted by Gasteiger charge is 2.15. The molecule has 1 aliphatic rings. The van der Waals surface area contributed by atoms with Gasteiger partial charge >= 0.3 is 0 Å². The van der Waals surface area contributed by atoms with Crippen molar-refractivity contribution in [3.05, 3.63) is 12.7 Å². The van der Waals surface area contributed by atoms with Gasteiger partial charge in [-0.2, -0.15) is 0 Å². The molecule has 1 aliphatic heterocycles. The lowest BCUT2D eigenvalue weighted by Crippen LogP contribution is -2.36. The van der Waals surface area contributed by atoms with Gasteiger partial charge in [-0.05, 0) is 38.6 Å². The number of allylic oxidation sites excluding steroid dienone is 1. The number of unbranched alkanes of at least 4 members (excludes halogenated alkanes) is 3. The summed E-state index contributed by atoms with van der Waals surface area (Å²) in [6, 6.07) is 0. The standard InChI is InChI=1S/C12H23NO/c1-2-3-4-5-6-9-13-10-7-12(14)8-11-13/h2,12,14H,1,3-11H2. The van der Waals surface area contributed by atoms with Crippen LogP contribution in [0.3, 0.4) is 0 Å². The molecule has 1 heterocycles. The molecule has 0 unspecified atom stereocenters. The van der Waals surface area contributed by atoms with Crippen LogP contribution in [-0.4, -0.2) is 35.7 Å². The molecule has 0 aromatic rings. The van der Waals surface area contributed by atoms with Crippen molar-refractivity contribution in [3.8, 4) is 0 Å². The van der Waals surface area contributed by atoms with E-state index in [0.29, 0.717) is 0 Å². The monoisotopic (exact) mass is 197 g/mol. The average Bonchev–Trinajstić information content (AvgIpc) is 2.21. The van der Waals surface area contributed by atoms with Gasteiger partial charge in [0.05, 0.1) is 6.10 Å². The Bertz CT molecular complexity index is 150. The number of rotatable bonds is 6. The zero-order valence-electron chi connectivity index (χ0n) is 9.12. The Morgan fingerprint density at radius 1 is 1.21 bits per heavy atom. The maximum atomic E-state index is 9.33. The molecule has 0 amide bonds. The summed E-state index contributed by atoms with van der Waals surface area (Å²) in [5.41, 5.74) is 0. The summed E-state index contributed by atoms with van der Waals surface area (Å²) in [6.45, 7) is 7.10. The van der Waals surface area contributed by atoms with E-state index in [9.17, 15) is 5.11 Å². The lowest BCUT2D eigenvalue weighted by molar-refractivity contribution is 0.0818. The minimum absolute atomic E-state index is 0.0352. The van der Waals surface area contributed by atoms with Gasteiger partial charge in [0, 0.05) is 13.1 Å². The highest BCUT2D eigenvalue weighted by molar-refractivity contribution is 4.71. The van der Waals surface area contributed by atoms with E-state index in [2.05, 4.69) is 11.5 Å². The highest BCUT2D eigenvalue weighted by Crippen LogP contribution is 2.11. The third-order valence-corrected chi connectivity index (χ3v) is 2.94. The molecule has 0 saturated carbocycles. The predicted octanol–water partition coefficient (Wildman–Crippen LogP) is 2.19. The zero-order chi connectivity index (χ0) is 10.2. The van der Waals surface area contributed by atoms with Gasteiger partial charge in [0.1, 0.15) is 0 Å². The molecule has 82 valence electrons. The Morgan fingerprint density at radius 2 is 1.93 bits per heavy atom. The van der Waals surface area contributed by atoms with Gasteiger partial charge in [0.2, 0.25) is 0 Å². The summed E-state index contributed by atoms with van der Waals surface area (Å²) in [7, 11) is 0. The van der Waals surface area contributed by atoms with Gasteiger partial charge in [-0.25, -0.2) is 0 Å². The van der Waals surface area contributed by atoms with Gasteiger partial charge in [0.15, 0.2) is 0 Å². The first-order valence-corrected chi connectivity index (χ1v) is 5.84. The molecule has 1 fully saturated rings. The fraction of sp³-hybridized carbons (Fsp3) is 0.833. The molecule has 0 aliphatic carbocycles. The Labute approximate surface area is 87.6 Å². The molecule has 0 atom stereocenters. The Morgan fingerprint density at radius 3 is 2.57 bits per heavy atom. The largest absolute Gasteiger partial charge is 0.393 e. The van der Waals surface area contributed by atoms with Gasteiger partial charge < -0.3 is 10.0 Å². The van der Waals surface area contributed by atoms with Crippen LogP contribution in [0.5, 0.6) is 0 Å². The fourth-order valence-corrected chi connectivity index (χ4v) is 1.94. The van der Waals surface area contributed by atoms with E-state index >= 15 is 0 Å². The van der Waals surface area contributed by atoms with Crippen LogP contribution >= 0.6 is 0 Å². The van der Waals surface area contributed by atoms with Crippen molar-refractivity contribution in [2.75, 3.05) is 19.6 Å². The fourth-order valence-electron chi connectivity index (χ4n) is 1.94. The number of aliphatic hydroxyl groups excluding tert-OH is 1. The quantitative estimate of drug-likeness (QED) is 0.521. The first kappa shape index (κ1) is 11.7. The summed E-state index contributed by atoms with van der Waals surface area (Å²) in [5.74, 6) is 0. The number of piperidine rings is 1. The van der Waals surface area contributed by atoms with E-state index in [1.807, 2.05) is 6.08 Å². The first-order valence-electron chi connectivity index (χ1n) is 5.84. The molecule has 2 nitrogen and oxygen atoms in total. The van der Waals surface area contributed by atoms with Crippen LogP contribution in [0, 0.1) is 0 Å². The normalized spacial score (nSPS) is 19.8. The number of hydrogen-bond donors (Lipinski definition) is 1. The number of nitrogens with zero attached hydrogens (tertiary/aromatic N) is 1. The van der Waals surface area contributed by atoms with E-state index in [4.69, 9.17) is 0 Å². The van der Waals surface area contributed by atoms with E-state index in [1.165, 1.54) is 25.8 Å². The summed E-state index contributed by atoms with van der Waals surface area (Å²) in [4.78, 5) is 2.47. The summed E-state index contributed by atoms with van der Waals surface area (Å²) in [6.07, 6.45) is 8.93. The van der Waals surface area contributed by atoms with Gasteiger partial charge in [-0.1, -0.05) is 12.5 Å². The second kappa shape index (κ2) is 7.02. The second-order valence-electron chi connectivity index (χ2n) is 4.21. The number of aliphatic hydroxyl groups is 1. The molecule has 1 rings (SSSR count). The number of likely N-dealkylation sites (tertiary alicyclic amines) is 1. The Balaban J connectivity index is 1.93. The molecule has 14 heavy (non-hydrogen) atoms. The van der Waals surface area contributed by atoms with Crippen molar-refractivity contribution in [1.29, 1.82) is 0 Å². The van der Waals surface area contributed by atoms with E-state index < -0.39 is 0 Å². The molecule has 1 saturated heterocycles. The van der Waals surface area contributed by atoms with Crippen LogP contribution in [0.25, 0.3) is 0 Å². The smallest absolute Gasteiger partial charge is 0.0564 e. The van der Waals surface area contributed by atoms with Crippen molar-refractivity contribution >= 4 is 0 Å². The SMILES string of the molecule is C=CCCCCCN1CCC(O)CC1. The van der Waals surface area contributed by atoms with Crippen LogP contribution in [0.15, 0.2) is 12.7 Å². The average molecular weight is 197 g/mol. The molecule has 2 heteroatoms. The van der Waals surface area contributed by atoms with Crippen LogP contribution in [0.4, 0.5) is 0 Å². The van der Waals surface area contributed by atoms with Gasteiger partial charge in [-0.3, -0.25) is 0 Å². The molecule has 0 aromatic carbocycles. The van der Waals surface area contributed by atoms with Crippen molar-refractivity contribution in [2.45, 2.75) is 44.6 Å². The van der Waals surface area contributed by atoms with Crippen LogP contribution in [0.1, 0.15) is 38.5 Å². The summed E-state index contributed by atoms with van der Waals surface area (Å²) >= 11 is 0. The number of hydrogen-bond acceptors (Lipinski definition) is 2. The van der Waals surface area contributed by atoms with E-state index in [1.54, 1.807) is 0 Å².